The van der Waals surface area contributed by atoms with Crippen LogP contribution in [0.5, 0.6) is 0 Å². The molecule has 0 aromatic carbocycles. The maximum atomic E-state index is 12.1. The third-order valence-corrected chi connectivity index (χ3v) is 5.81. The van der Waals surface area contributed by atoms with E-state index in [1.807, 2.05) is 36.5 Å². The Morgan fingerprint density at radius 3 is 2.97 bits per heavy atom. The van der Waals surface area contributed by atoms with E-state index in [4.69, 9.17) is 14.5 Å². The van der Waals surface area contributed by atoms with Crippen molar-refractivity contribution in [1.82, 2.24) is 25.5 Å². The minimum atomic E-state index is -0.362. The van der Waals surface area contributed by atoms with Crippen LogP contribution in [0.4, 0.5) is 16.4 Å². The number of fused-ring (bicyclic) bond motifs is 7. The Balaban J connectivity index is 1.42. The summed E-state index contributed by atoms with van der Waals surface area (Å²) < 4.78 is 11.4. The number of pyridine rings is 2. The molecule has 9 nitrogen and oxygen atoms in total. The van der Waals surface area contributed by atoms with E-state index < -0.39 is 0 Å². The van der Waals surface area contributed by atoms with Crippen molar-refractivity contribution in [2.24, 2.45) is 0 Å². The van der Waals surface area contributed by atoms with Gasteiger partial charge in [-0.1, -0.05) is 6.07 Å². The van der Waals surface area contributed by atoms with Gasteiger partial charge in [0.25, 0.3) is 0 Å². The van der Waals surface area contributed by atoms with Crippen LogP contribution < -0.4 is 10.6 Å². The van der Waals surface area contributed by atoms with Crippen molar-refractivity contribution in [3.8, 4) is 11.1 Å². The van der Waals surface area contributed by atoms with Crippen molar-refractivity contribution in [3.63, 3.8) is 0 Å². The minimum Gasteiger partial charge on any atom is -0.446 e. The summed E-state index contributed by atoms with van der Waals surface area (Å²) in [5, 5.41) is 13.7. The van der Waals surface area contributed by atoms with Gasteiger partial charge in [-0.3, -0.25) is 10.1 Å². The van der Waals surface area contributed by atoms with E-state index in [1.54, 1.807) is 6.20 Å². The molecule has 1 saturated carbocycles. The Morgan fingerprint density at radius 2 is 2.06 bits per heavy atom. The summed E-state index contributed by atoms with van der Waals surface area (Å²) >= 11 is 0. The fraction of sp³-hybridized carbons (Fsp3) is 0.391. The number of anilines is 2. The van der Waals surface area contributed by atoms with Gasteiger partial charge >= 0.3 is 6.09 Å². The first kappa shape index (κ1) is 20.4. The highest BCUT2D eigenvalue weighted by molar-refractivity contribution is 5.68. The number of ether oxygens (including phenoxy) is 2. The summed E-state index contributed by atoms with van der Waals surface area (Å²) in [7, 11) is 0. The zero-order chi connectivity index (χ0) is 21.8. The molecule has 1 aliphatic heterocycles. The predicted octanol–water partition coefficient (Wildman–Crippen LogP) is 3.89. The zero-order valence-corrected chi connectivity index (χ0v) is 17.7. The van der Waals surface area contributed by atoms with Gasteiger partial charge in [-0.25, -0.2) is 9.78 Å². The van der Waals surface area contributed by atoms with Crippen molar-refractivity contribution in [3.05, 3.63) is 54.1 Å². The molecule has 0 spiro atoms. The summed E-state index contributed by atoms with van der Waals surface area (Å²) in [5.41, 5.74) is 3.84. The molecular formula is C23H26N6O3. The number of H-pyrrole nitrogens is 1. The molecule has 3 N–H and O–H groups in total. The molecule has 2 aliphatic rings. The molecule has 2 atom stereocenters. The maximum Gasteiger partial charge on any atom is 0.407 e. The van der Waals surface area contributed by atoms with Crippen molar-refractivity contribution in [2.45, 2.75) is 44.3 Å². The molecule has 3 aromatic rings. The molecule has 1 fully saturated rings. The first-order valence-electron chi connectivity index (χ1n) is 11.0. The van der Waals surface area contributed by atoms with Gasteiger partial charge in [0.2, 0.25) is 0 Å². The van der Waals surface area contributed by atoms with Crippen molar-refractivity contribution in [1.29, 1.82) is 0 Å². The summed E-state index contributed by atoms with van der Waals surface area (Å²) in [6, 6.07) is 9.93. The van der Waals surface area contributed by atoms with Crippen LogP contribution >= 0.6 is 0 Å². The standard InChI is InChI=1S/C23H26N6O3/c30-23-25-7-2-8-31-14-18-9-17(16-3-1-6-24-13-16)11-21(26-18)27-22-12-20(28-29-22)15-4-5-19(10-15)32-23/h1,3,6,9,11-13,15,19H,2,4-5,7-8,10,14H2,(H,25,30)(H2,26,27,28,29)/t15-,19+/m0/s1. The Hall–Kier alpha value is -3.46. The number of hydrogen-bond donors (Lipinski definition) is 3. The highest BCUT2D eigenvalue weighted by Crippen LogP contribution is 2.36. The van der Waals surface area contributed by atoms with E-state index in [2.05, 4.69) is 25.8 Å². The van der Waals surface area contributed by atoms with Crippen LogP contribution in [-0.4, -0.2) is 45.5 Å². The van der Waals surface area contributed by atoms with E-state index in [0.717, 1.165) is 41.8 Å². The average Bonchev–Trinajstić information content (AvgIpc) is 3.45. The molecule has 3 aromatic heterocycles. The number of hydrogen-bond acceptors (Lipinski definition) is 7. The van der Waals surface area contributed by atoms with Crippen LogP contribution in [0.25, 0.3) is 11.1 Å². The first-order chi connectivity index (χ1) is 15.7. The van der Waals surface area contributed by atoms with Crippen LogP contribution in [0.15, 0.2) is 42.7 Å². The van der Waals surface area contributed by atoms with Gasteiger partial charge in [0.15, 0.2) is 5.82 Å². The second-order valence-corrected chi connectivity index (χ2v) is 8.18. The normalized spacial score (nSPS) is 21.6. The van der Waals surface area contributed by atoms with E-state index in [9.17, 15) is 4.79 Å². The van der Waals surface area contributed by atoms with Crippen molar-refractivity contribution < 1.29 is 14.3 Å². The number of carbonyl (C=O) groups is 1. The molecule has 1 aliphatic carbocycles. The Kier molecular flexibility index (Phi) is 5.98. The van der Waals surface area contributed by atoms with Crippen LogP contribution in [-0.2, 0) is 16.1 Å². The Bertz CT molecular complexity index is 1070. The van der Waals surface area contributed by atoms with Gasteiger partial charge in [-0.05, 0) is 49.4 Å². The molecule has 1 amide bonds. The number of rotatable bonds is 1. The monoisotopic (exact) mass is 434 g/mol. The summed E-state index contributed by atoms with van der Waals surface area (Å²) in [5.74, 6) is 1.68. The van der Waals surface area contributed by atoms with Gasteiger partial charge in [0.1, 0.15) is 11.9 Å². The Labute approximate surface area is 186 Å². The highest BCUT2D eigenvalue weighted by Gasteiger charge is 2.30. The maximum absolute atomic E-state index is 12.1. The molecule has 0 saturated heterocycles. The second kappa shape index (κ2) is 9.35. The van der Waals surface area contributed by atoms with Gasteiger partial charge in [-0.2, -0.15) is 5.10 Å². The largest absolute Gasteiger partial charge is 0.446 e. The van der Waals surface area contributed by atoms with Crippen LogP contribution in [0, 0.1) is 0 Å². The number of carbonyl (C=O) groups excluding carboxylic acids is 1. The van der Waals surface area contributed by atoms with Crippen LogP contribution in [0.2, 0.25) is 0 Å². The van der Waals surface area contributed by atoms with Gasteiger partial charge in [0, 0.05) is 48.8 Å². The van der Waals surface area contributed by atoms with Crippen molar-refractivity contribution in [2.75, 3.05) is 18.5 Å². The lowest BCUT2D eigenvalue weighted by Gasteiger charge is -2.13. The number of aromatic nitrogens is 4. The molecule has 5 rings (SSSR count). The fourth-order valence-corrected chi connectivity index (χ4v) is 4.23. The number of amides is 1. The molecule has 9 heteroatoms. The zero-order valence-electron chi connectivity index (χ0n) is 17.7. The van der Waals surface area contributed by atoms with E-state index in [-0.39, 0.29) is 18.1 Å². The SMILES string of the molecule is O=C1NCCCOCc2cc(-c3cccnc3)cc(n2)Nc2cc([nH]n2)[C@H]2CC[C@H](C2)O1. The minimum absolute atomic E-state index is 0.0739. The van der Waals surface area contributed by atoms with Crippen molar-refractivity contribution >= 4 is 17.7 Å². The third kappa shape index (κ3) is 4.88. The third-order valence-electron chi connectivity index (χ3n) is 5.81. The molecular weight excluding hydrogens is 408 g/mol. The summed E-state index contributed by atoms with van der Waals surface area (Å²) in [6.45, 7) is 1.38. The molecule has 0 radical (unpaired) electrons. The molecule has 0 unspecified atom stereocenters. The van der Waals surface area contributed by atoms with E-state index in [0.29, 0.717) is 37.8 Å². The quantitative estimate of drug-likeness (QED) is 0.532. The highest BCUT2D eigenvalue weighted by atomic mass is 16.6. The lowest BCUT2D eigenvalue weighted by molar-refractivity contribution is 0.0956. The van der Waals surface area contributed by atoms with Gasteiger partial charge in [0.05, 0.1) is 12.3 Å². The second-order valence-electron chi connectivity index (χ2n) is 8.18. The average molecular weight is 435 g/mol. The molecule has 32 heavy (non-hydrogen) atoms. The molecule has 6 bridgehead atoms. The number of aromatic amines is 1. The first-order valence-corrected chi connectivity index (χ1v) is 11.0. The van der Waals surface area contributed by atoms with Crippen LogP contribution in [0.1, 0.15) is 43.0 Å². The predicted molar refractivity (Wildman–Crippen MR) is 118 cm³/mol. The smallest absolute Gasteiger partial charge is 0.407 e. The number of nitrogens with one attached hydrogen (secondary N) is 3. The van der Waals surface area contributed by atoms with E-state index >= 15 is 0 Å². The molecule has 166 valence electrons. The van der Waals surface area contributed by atoms with Crippen LogP contribution in [0.3, 0.4) is 0 Å². The summed E-state index contributed by atoms with van der Waals surface area (Å²) in [6.07, 6.45) is 6.43. The van der Waals surface area contributed by atoms with Gasteiger partial charge in [-0.15, -0.1) is 0 Å². The number of nitrogens with zero attached hydrogens (tertiary/aromatic N) is 3. The summed E-state index contributed by atoms with van der Waals surface area (Å²) in [4.78, 5) is 21.0. The molecule has 4 heterocycles. The fourth-order valence-electron chi connectivity index (χ4n) is 4.23. The van der Waals surface area contributed by atoms with E-state index in [1.165, 1.54) is 0 Å². The lowest BCUT2D eigenvalue weighted by atomic mass is 10.0. The lowest BCUT2D eigenvalue weighted by Crippen LogP contribution is -2.29. The van der Waals surface area contributed by atoms with Gasteiger partial charge < -0.3 is 20.1 Å². The number of alkyl carbamates (subject to hydrolysis) is 1. The topological polar surface area (TPSA) is 114 Å². The Morgan fingerprint density at radius 1 is 1.09 bits per heavy atom.